The van der Waals surface area contributed by atoms with Gasteiger partial charge in [-0.2, -0.15) is 0 Å². The Morgan fingerprint density at radius 2 is 1.43 bits per heavy atom. The summed E-state index contributed by atoms with van der Waals surface area (Å²) in [4.78, 5) is 38.0. The number of hydrogen-bond donors (Lipinski definition) is 3. The molecule has 3 N–H and O–H groups in total. The largest absolute Gasteiger partial charge is 0.497 e. The summed E-state index contributed by atoms with van der Waals surface area (Å²) in [7, 11) is 1.53. The fraction of sp³-hybridized carbons (Fsp3) is 0.318. The highest BCUT2D eigenvalue weighted by molar-refractivity contribution is 5.94. The number of halogens is 5. The molecule has 2 aromatic rings. The van der Waals surface area contributed by atoms with E-state index in [0.717, 1.165) is 0 Å². The molecule has 0 aromatic heterocycles. The zero-order chi connectivity index (χ0) is 25.7. The molecule has 3 rings (SSSR count). The minimum atomic E-state index is -2.36. The smallest absolute Gasteiger partial charge is 0.319 e. The SMILES string of the molecule is COc1ccc(NC(=O)C2CCN(C(=O)CNC(=O)Nc3c(F)c(F)c(F)c(F)c3F)CC2)cc1. The summed E-state index contributed by atoms with van der Waals surface area (Å²) in [5.74, 6) is -11.7. The average molecular weight is 500 g/mol. The van der Waals surface area contributed by atoms with E-state index in [1.807, 2.05) is 5.32 Å². The molecule has 4 amide bonds. The molecule has 188 valence electrons. The molecule has 1 heterocycles. The molecule has 0 unspecified atom stereocenters. The number of urea groups is 1. The second-order valence-electron chi connectivity index (χ2n) is 7.63. The molecule has 35 heavy (non-hydrogen) atoms. The molecule has 13 heteroatoms. The van der Waals surface area contributed by atoms with Crippen LogP contribution in [0.15, 0.2) is 24.3 Å². The van der Waals surface area contributed by atoms with Crippen molar-refractivity contribution in [3.05, 3.63) is 53.4 Å². The number of ether oxygens (including phenoxy) is 1. The number of anilines is 2. The number of carbonyl (C=O) groups excluding carboxylic acids is 3. The van der Waals surface area contributed by atoms with E-state index < -0.39 is 53.3 Å². The summed E-state index contributed by atoms with van der Waals surface area (Å²) in [6, 6.07) is 5.45. The number of likely N-dealkylation sites (tertiary alicyclic amines) is 1. The maximum atomic E-state index is 13.6. The first-order valence-corrected chi connectivity index (χ1v) is 10.4. The third-order valence-corrected chi connectivity index (χ3v) is 5.42. The van der Waals surface area contributed by atoms with Gasteiger partial charge in [-0.3, -0.25) is 9.59 Å². The van der Waals surface area contributed by atoms with E-state index in [4.69, 9.17) is 4.74 Å². The second-order valence-corrected chi connectivity index (χ2v) is 7.63. The lowest BCUT2D eigenvalue weighted by molar-refractivity contribution is -0.133. The Balaban J connectivity index is 1.46. The summed E-state index contributed by atoms with van der Waals surface area (Å²) >= 11 is 0. The molecule has 8 nitrogen and oxygen atoms in total. The number of hydrogen-bond acceptors (Lipinski definition) is 4. The van der Waals surface area contributed by atoms with Crippen molar-refractivity contribution in [1.29, 1.82) is 0 Å². The quantitative estimate of drug-likeness (QED) is 0.322. The van der Waals surface area contributed by atoms with E-state index in [-0.39, 0.29) is 24.9 Å². The van der Waals surface area contributed by atoms with Crippen LogP contribution in [0.25, 0.3) is 0 Å². The fourth-order valence-electron chi connectivity index (χ4n) is 3.45. The van der Waals surface area contributed by atoms with Crippen LogP contribution in [-0.4, -0.2) is 49.5 Å². The van der Waals surface area contributed by atoms with Gasteiger partial charge in [0.25, 0.3) is 0 Å². The Morgan fingerprint density at radius 3 is 1.97 bits per heavy atom. The van der Waals surface area contributed by atoms with Crippen molar-refractivity contribution in [3.8, 4) is 5.75 Å². The van der Waals surface area contributed by atoms with Gasteiger partial charge in [0.15, 0.2) is 23.3 Å². The molecular formula is C22H21F5N4O4. The van der Waals surface area contributed by atoms with Crippen molar-refractivity contribution in [2.45, 2.75) is 12.8 Å². The molecule has 0 spiro atoms. The van der Waals surface area contributed by atoms with Crippen molar-refractivity contribution in [1.82, 2.24) is 10.2 Å². The molecule has 1 aliphatic rings. The van der Waals surface area contributed by atoms with Crippen LogP contribution >= 0.6 is 0 Å². The number of methoxy groups -OCH3 is 1. The molecule has 0 atom stereocenters. The molecule has 2 aromatic carbocycles. The third-order valence-electron chi connectivity index (χ3n) is 5.42. The van der Waals surface area contributed by atoms with Crippen LogP contribution in [0.2, 0.25) is 0 Å². The van der Waals surface area contributed by atoms with Gasteiger partial charge in [-0.1, -0.05) is 0 Å². The van der Waals surface area contributed by atoms with Crippen molar-refractivity contribution in [3.63, 3.8) is 0 Å². The van der Waals surface area contributed by atoms with Crippen LogP contribution in [0.4, 0.5) is 38.1 Å². The van der Waals surface area contributed by atoms with E-state index in [9.17, 15) is 36.3 Å². The van der Waals surface area contributed by atoms with Gasteiger partial charge < -0.3 is 25.6 Å². The number of rotatable bonds is 6. The highest BCUT2D eigenvalue weighted by Crippen LogP contribution is 2.27. The van der Waals surface area contributed by atoms with E-state index in [1.54, 1.807) is 24.3 Å². The monoisotopic (exact) mass is 500 g/mol. The maximum absolute atomic E-state index is 13.6. The van der Waals surface area contributed by atoms with Gasteiger partial charge in [0, 0.05) is 24.7 Å². The van der Waals surface area contributed by atoms with Gasteiger partial charge >= 0.3 is 6.03 Å². The van der Waals surface area contributed by atoms with Crippen LogP contribution in [0, 0.1) is 35.0 Å². The summed E-state index contributed by atoms with van der Waals surface area (Å²) in [5, 5.41) is 6.32. The van der Waals surface area contributed by atoms with Crippen molar-refractivity contribution in [2.24, 2.45) is 5.92 Å². The Bertz CT molecular complexity index is 1090. The molecule has 0 aliphatic carbocycles. The van der Waals surface area contributed by atoms with Gasteiger partial charge in [0.1, 0.15) is 11.4 Å². The Labute approximate surface area is 196 Å². The topological polar surface area (TPSA) is 99.8 Å². The number of amides is 4. The van der Waals surface area contributed by atoms with Gasteiger partial charge in [-0.05, 0) is 37.1 Å². The van der Waals surface area contributed by atoms with Gasteiger partial charge in [-0.25, -0.2) is 26.7 Å². The van der Waals surface area contributed by atoms with Gasteiger partial charge in [0.2, 0.25) is 17.6 Å². The summed E-state index contributed by atoms with van der Waals surface area (Å²) in [5.41, 5.74) is -0.937. The first-order valence-electron chi connectivity index (χ1n) is 10.4. The van der Waals surface area contributed by atoms with Gasteiger partial charge in [0.05, 0.1) is 13.7 Å². The highest BCUT2D eigenvalue weighted by atomic mass is 19.2. The van der Waals surface area contributed by atoms with Crippen LogP contribution < -0.4 is 20.7 Å². The number of nitrogens with zero attached hydrogens (tertiary/aromatic N) is 1. The standard InChI is InChI=1S/C22H21F5N4O4/c1-35-13-4-2-12(3-5-13)29-21(33)11-6-8-31(9-7-11)14(32)10-28-22(34)30-20-18(26)16(24)15(23)17(25)19(20)27/h2-5,11H,6-10H2,1H3,(H,29,33)(H2,28,30,34). The Kier molecular flexibility index (Phi) is 8.10. The molecule has 0 radical (unpaired) electrons. The van der Waals surface area contributed by atoms with E-state index in [2.05, 4.69) is 5.32 Å². The predicted octanol–water partition coefficient (Wildman–Crippen LogP) is 3.39. The second kappa shape index (κ2) is 11.0. The van der Waals surface area contributed by atoms with Crippen molar-refractivity contribution >= 4 is 29.2 Å². The molecule has 0 bridgehead atoms. The lowest BCUT2D eigenvalue weighted by Gasteiger charge is -2.31. The molecular weight excluding hydrogens is 479 g/mol. The minimum Gasteiger partial charge on any atom is -0.497 e. The highest BCUT2D eigenvalue weighted by Gasteiger charge is 2.29. The summed E-state index contributed by atoms with van der Waals surface area (Å²) < 4.78 is 71.9. The molecule has 1 aliphatic heterocycles. The predicted molar refractivity (Wildman–Crippen MR) is 114 cm³/mol. The first-order chi connectivity index (χ1) is 16.6. The van der Waals surface area contributed by atoms with Gasteiger partial charge in [-0.15, -0.1) is 0 Å². The summed E-state index contributed by atoms with van der Waals surface area (Å²) in [6.07, 6.45) is 0.731. The van der Waals surface area contributed by atoms with Crippen LogP contribution in [-0.2, 0) is 9.59 Å². The van der Waals surface area contributed by atoms with Crippen LogP contribution in [0.3, 0.4) is 0 Å². The Morgan fingerprint density at radius 1 is 0.886 bits per heavy atom. The van der Waals surface area contributed by atoms with E-state index in [0.29, 0.717) is 24.3 Å². The number of piperidine rings is 1. The zero-order valence-electron chi connectivity index (χ0n) is 18.4. The normalized spacial score (nSPS) is 13.8. The van der Waals surface area contributed by atoms with Crippen molar-refractivity contribution < 1.29 is 41.1 Å². The minimum absolute atomic E-state index is 0.206. The van der Waals surface area contributed by atoms with Crippen LogP contribution in [0.1, 0.15) is 12.8 Å². The lowest BCUT2D eigenvalue weighted by atomic mass is 9.95. The molecule has 1 fully saturated rings. The van der Waals surface area contributed by atoms with Crippen molar-refractivity contribution in [2.75, 3.05) is 37.4 Å². The average Bonchev–Trinajstić information content (AvgIpc) is 2.88. The Hall–Kier alpha value is -3.90. The lowest BCUT2D eigenvalue weighted by Crippen LogP contribution is -2.46. The molecule has 1 saturated heterocycles. The number of carbonyl (C=O) groups is 3. The van der Waals surface area contributed by atoms with Crippen LogP contribution in [0.5, 0.6) is 5.75 Å². The fourth-order valence-corrected chi connectivity index (χ4v) is 3.45. The number of nitrogens with one attached hydrogen (secondary N) is 3. The first kappa shape index (κ1) is 25.7. The zero-order valence-corrected chi connectivity index (χ0v) is 18.4. The number of benzene rings is 2. The third kappa shape index (κ3) is 5.97. The van der Waals surface area contributed by atoms with E-state index >= 15 is 0 Å². The van der Waals surface area contributed by atoms with E-state index in [1.165, 1.54) is 17.3 Å². The summed E-state index contributed by atoms with van der Waals surface area (Å²) in [6.45, 7) is -0.148. The maximum Gasteiger partial charge on any atom is 0.319 e. The molecule has 0 saturated carbocycles.